The maximum absolute atomic E-state index is 12.8. The summed E-state index contributed by atoms with van der Waals surface area (Å²) in [7, 11) is 0. The van der Waals surface area contributed by atoms with Gasteiger partial charge in [0.05, 0.1) is 0 Å². The molecule has 2 atom stereocenters. The van der Waals surface area contributed by atoms with E-state index >= 15 is 0 Å². The molecule has 2 rings (SSSR count). The Morgan fingerprint density at radius 2 is 1.90 bits per heavy atom. The second-order valence-corrected chi connectivity index (χ2v) is 6.62. The van der Waals surface area contributed by atoms with Gasteiger partial charge in [-0.15, -0.1) is 0 Å². The number of carbonyl (C=O) groups excluding carboxylic acids is 1. The Balaban J connectivity index is 2.20. The third kappa shape index (κ3) is 2.50. The Hall–Kier alpha value is -1.26. The average Bonchev–Trinajstić information content (AvgIpc) is 2.87. The van der Waals surface area contributed by atoms with Gasteiger partial charge in [0.2, 0.25) is 0 Å². The van der Waals surface area contributed by atoms with E-state index in [0.717, 1.165) is 32.2 Å². The minimum atomic E-state index is -1.04. The van der Waals surface area contributed by atoms with Crippen LogP contribution < -0.4 is 0 Å². The first-order valence-electron chi connectivity index (χ1n) is 7.69. The molecule has 114 valence electrons. The van der Waals surface area contributed by atoms with Crippen molar-refractivity contribution in [1.29, 1.82) is 0 Å². The van der Waals surface area contributed by atoms with Crippen LogP contribution in [0.2, 0.25) is 0 Å². The molecule has 0 radical (unpaired) electrons. The summed E-state index contributed by atoms with van der Waals surface area (Å²) in [5.74, 6) is -0.465. The van der Waals surface area contributed by atoms with Crippen molar-refractivity contribution in [3.63, 3.8) is 0 Å². The van der Waals surface area contributed by atoms with E-state index < -0.39 is 11.5 Å². The highest BCUT2D eigenvalue weighted by Crippen LogP contribution is 2.32. The van der Waals surface area contributed by atoms with Gasteiger partial charge in [-0.3, -0.25) is 0 Å². The highest BCUT2D eigenvalue weighted by atomic mass is 16.4. The minimum Gasteiger partial charge on any atom is -0.480 e. The highest BCUT2D eigenvalue weighted by molar-refractivity contribution is 5.86. The van der Waals surface area contributed by atoms with Crippen LogP contribution in [0.15, 0.2) is 0 Å². The summed E-state index contributed by atoms with van der Waals surface area (Å²) >= 11 is 0. The van der Waals surface area contributed by atoms with Crippen LogP contribution in [0.4, 0.5) is 4.79 Å². The van der Waals surface area contributed by atoms with Crippen molar-refractivity contribution in [3.05, 3.63) is 0 Å². The Kier molecular flexibility index (Phi) is 4.25. The summed E-state index contributed by atoms with van der Waals surface area (Å²) in [5.41, 5.74) is -1.04. The van der Waals surface area contributed by atoms with Gasteiger partial charge in [0, 0.05) is 19.1 Å². The smallest absolute Gasteiger partial charge is 0.329 e. The van der Waals surface area contributed by atoms with Gasteiger partial charge < -0.3 is 14.9 Å². The molecule has 0 aromatic carbocycles. The molecule has 1 N–H and O–H groups in total. The topological polar surface area (TPSA) is 60.9 Å². The van der Waals surface area contributed by atoms with Crippen molar-refractivity contribution in [3.8, 4) is 0 Å². The normalized spacial score (nSPS) is 30.9. The fourth-order valence-corrected chi connectivity index (χ4v) is 3.53. The van der Waals surface area contributed by atoms with E-state index in [-0.39, 0.29) is 12.1 Å². The molecule has 0 saturated carbocycles. The largest absolute Gasteiger partial charge is 0.480 e. The zero-order chi connectivity index (χ0) is 14.9. The van der Waals surface area contributed by atoms with Crippen LogP contribution in [0.1, 0.15) is 52.9 Å². The second-order valence-electron chi connectivity index (χ2n) is 6.62. The Labute approximate surface area is 120 Å². The minimum absolute atomic E-state index is 0.0780. The lowest BCUT2D eigenvalue weighted by Crippen LogP contribution is -2.61. The lowest BCUT2D eigenvalue weighted by molar-refractivity contribution is -0.150. The number of rotatable bonds is 2. The molecule has 2 aliphatic heterocycles. The first-order valence-corrected chi connectivity index (χ1v) is 7.69. The number of likely N-dealkylation sites (tertiary alicyclic amines) is 2. The maximum Gasteiger partial charge on any atom is 0.329 e. The molecule has 2 aliphatic rings. The van der Waals surface area contributed by atoms with Crippen LogP contribution in [0.25, 0.3) is 0 Å². The standard InChI is InChI=1S/C15H26N2O3/c1-11(2)12-7-6-9-16(12)14(20)17-10-5-4-8-15(17,3)13(18)19/h11-12H,4-10H2,1-3H3,(H,18,19). The van der Waals surface area contributed by atoms with Crippen molar-refractivity contribution < 1.29 is 14.7 Å². The van der Waals surface area contributed by atoms with Gasteiger partial charge in [-0.1, -0.05) is 13.8 Å². The number of amides is 2. The third-order valence-electron chi connectivity index (χ3n) is 4.90. The Morgan fingerprint density at radius 1 is 1.20 bits per heavy atom. The summed E-state index contributed by atoms with van der Waals surface area (Å²) in [4.78, 5) is 27.9. The number of hydrogen-bond acceptors (Lipinski definition) is 2. The van der Waals surface area contributed by atoms with Gasteiger partial charge in [0.15, 0.2) is 0 Å². The van der Waals surface area contributed by atoms with E-state index in [1.165, 1.54) is 0 Å². The molecule has 5 heteroatoms. The molecule has 20 heavy (non-hydrogen) atoms. The second kappa shape index (κ2) is 5.62. The van der Waals surface area contributed by atoms with Gasteiger partial charge in [0.25, 0.3) is 0 Å². The van der Waals surface area contributed by atoms with Gasteiger partial charge in [0.1, 0.15) is 5.54 Å². The van der Waals surface area contributed by atoms with E-state index in [0.29, 0.717) is 18.9 Å². The van der Waals surface area contributed by atoms with Crippen molar-refractivity contribution in [2.24, 2.45) is 5.92 Å². The Bertz CT molecular complexity index is 397. The molecule has 2 heterocycles. The summed E-state index contributed by atoms with van der Waals surface area (Å²) in [6, 6.07) is 0.174. The van der Waals surface area contributed by atoms with E-state index in [9.17, 15) is 14.7 Å². The molecular weight excluding hydrogens is 256 g/mol. The quantitative estimate of drug-likeness (QED) is 0.846. The lowest BCUT2D eigenvalue weighted by atomic mass is 9.88. The molecule has 0 spiro atoms. The van der Waals surface area contributed by atoms with Gasteiger partial charge in [-0.2, -0.15) is 0 Å². The van der Waals surface area contributed by atoms with Crippen LogP contribution >= 0.6 is 0 Å². The molecule has 2 unspecified atom stereocenters. The molecular formula is C15H26N2O3. The summed E-state index contributed by atoms with van der Waals surface area (Å²) in [5, 5.41) is 9.52. The van der Waals surface area contributed by atoms with Crippen LogP contribution in [-0.4, -0.2) is 51.6 Å². The van der Waals surface area contributed by atoms with Crippen LogP contribution in [-0.2, 0) is 4.79 Å². The van der Waals surface area contributed by atoms with Gasteiger partial charge in [-0.25, -0.2) is 9.59 Å². The number of nitrogens with zero attached hydrogens (tertiary/aromatic N) is 2. The molecule has 0 aromatic rings. The zero-order valence-electron chi connectivity index (χ0n) is 12.8. The van der Waals surface area contributed by atoms with E-state index in [1.54, 1.807) is 11.8 Å². The summed E-state index contributed by atoms with van der Waals surface area (Å²) in [6.07, 6.45) is 4.37. The predicted octanol–water partition coefficient (Wildman–Crippen LogP) is 2.56. The Morgan fingerprint density at radius 3 is 2.50 bits per heavy atom. The third-order valence-corrected chi connectivity index (χ3v) is 4.90. The number of aliphatic carboxylic acids is 1. The molecule has 0 aromatic heterocycles. The van der Waals surface area contributed by atoms with E-state index in [1.807, 2.05) is 4.90 Å². The molecule has 5 nitrogen and oxygen atoms in total. The molecule has 2 saturated heterocycles. The van der Waals surface area contributed by atoms with E-state index in [4.69, 9.17) is 0 Å². The van der Waals surface area contributed by atoms with Crippen molar-refractivity contribution in [1.82, 2.24) is 9.80 Å². The van der Waals surface area contributed by atoms with Crippen molar-refractivity contribution in [2.45, 2.75) is 64.5 Å². The van der Waals surface area contributed by atoms with Gasteiger partial charge in [-0.05, 0) is 44.9 Å². The first-order chi connectivity index (χ1) is 9.38. The van der Waals surface area contributed by atoms with Crippen molar-refractivity contribution in [2.75, 3.05) is 13.1 Å². The van der Waals surface area contributed by atoms with Crippen LogP contribution in [0.5, 0.6) is 0 Å². The fraction of sp³-hybridized carbons (Fsp3) is 0.867. The first kappa shape index (κ1) is 15.1. The number of hydrogen-bond donors (Lipinski definition) is 1. The van der Waals surface area contributed by atoms with Crippen LogP contribution in [0.3, 0.4) is 0 Å². The van der Waals surface area contributed by atoms with Gasteiger partial charge >= 0.3 is 12.0 Å². The zero-order valence-corrected chi connectivity index (χ0v) is 12.8. The maximum atomic E-state index is 12.8. The van der Waals surface area contributed by atoms with E-state index in [2.05, 4.69) is 13.8 Å². The molecule has 2 amide bonds. The number of carboxylic acid groups (broad SMARTS) is 1. The number of piperidine rings is 1. The monoisotopic (exact) mass is 282 g/mol. The summed E-state index contributed by atoms with van der Waals surface area (Å²) < 4.78 is 0. The number of urea groups is 1. The average molecular weight is 282 g/mol. The molecule has 0 aliphatic carbocycles. The molecule has 2 fully saturated rings. The molecule has 0 bridgehead atoms. The highest BCUT2D eigenvalue weighted by Gasteiger charge is 2.46. The van der Waals surface area contributed by atoms with Crippen LogP contribution in [0, 0.1) is 5.92 Å². The van der Waals surface area contributed by atoms with Crippen molar-refractivity contribution >= 4 is 12.0 Å². The fourth-order valence-electron chi connectivity index (χ4n) is 3.53. The SMILES string of the molecule is CC(C)C1CCCN1C(=O)N1CCCCC1(C)C(=O)O. The number of carbonyl (C=O) groups is 2. The predicted molar refractivity (Wildman–Crippen MR) is 76.6 cm³/mol. The lowest BCUT2D eigenvalue weighted by Gasteiger charge is -2.44. The summed E-state index contributed by atoms with van der Waals surface area (Å²) in [6.45, 7) is 7.26. The number of carboxylic acids is 1.